The minimum atomic E-state index is 0.00112. The molecule has 0 radical (unpaired) electrons. The molecule has 1 unspecified atom stereocenters. The summed E-state index contributed by atoms with van der Waals surface area (Å²) in [5, 5.41) is 12.1. The lowest BCUT2D eigenvalue weighted by Crippen LogP contribution is -2.46. The molecule has 136 valence electrons. The number of hydrogen-bond donors (Lipinski definition) is 1. The van der Waals surface area contributed by atoms with Crippen LogP contribution in [-0.4, -0.2) is 43.2 Å². The summed E-state index contributed by atoms with van der Waals surface area (Å²) in [6, 6.07) is 12.6. The normalized spacial score (nSPS) is 16.6. The molecule has 1 atom stereocenters. The zero-order chi connectivity index (χ0) is 18.1. The van der Waals surface area contributed by atoms with Crippen LogP contribution in [0.5, 0.6) is 0 Å². The lowest BCUT2D eigenvalue weighted by molar-refractivity contribution is -0.124. The Kier molecular flexibility index (Phi) is 7.90. The Morgan fingerprint density at radius 2 is 2.00 bits per heavy atom. The van der Waals surface area contributed by atoms with Gasteiger partial charge in [-0.1, -0.05) is 44.2 Å². The highest BCUT2D eigenvalue weighted by atomic mass is 16.5. The number of nitrogens with one attached hydrogen (secondary N) is 1. The summed E-state index contributed by atoms with van der Waals surface area (Å²) in [7, 11) is 0. The van der Waals surface area contributed by atoms with Gasteiger partial charge in [0.25, 0.3) is 0 Å². The SMILES string of the molecule is CC(C)C(NC(=O)CN(CCC#N)C1CCOCC1)c1ccccc1. The van der Waals surface area contributed by atoms with Crippen LogP contribution in [0.3, 0.4) is 0 Å². The Hall–Kier alpha value is -1.90. The second kappa shape index (κ2) is 10.2. The molecule has 1 saturated heterocycles. The first-order valence-electron chi connectivity index (χ1n) is 9.15. The molecule has 1 amide bonds. The molecule has 5 nitrogen and oxygen atoms in total. The summed E-state index contributed by atoms with van der Waals surface area (Å²) >= 11 is 0. The van der Waals surface area contributed by atoms with E-state index in [0.29, 0.717) is 31.5 Å². The molecule has 0 spiro atoms. The average Bonchev–Trinajstić information content (AvgIpc) is 2.64. The highest BCUT2D eigenvalue weighted by Crippen LogP contribution is 2.21. The third-order valence-corrected chi connectivity index (χ3v) is 4.71. The number of ether oxygens (including phenoxy) is 1. The van der Waals surface area contributed by atoms with Crippen LogP contribution < -0.4 is 5.32 Å². The van der Waals surface area contributed by atoms with Crippen LogP contribution in [0.2, 0.25) is 0 Å². The van der Waals surface area contributed by atoms with Gasteiger partial charge >= 0.3 is 0 Å². The van der Waals surface area contributed by atoms with Gasteiger partial charge in [-0.3, -0.25) is 9.69 Å². The predicted molar refractivity (Wildman–Crippen MR) is 97.8 cm³/mol. The molecule has 1 fully saturated rings. The van der Waals surface area contributed by atoms with Gasteiger partial charge in [0.2, 0.25) is 5.91 Å². The lowest BCUT2D eigenvalue weighted by atomic mass is 9.96. The van der Waals surface area contributed by atoms with E-state index in [9.17, 15) is 4.79 Å². The van der Waals surface area contributed by atoms with Crippen LogP contribution in [-0.2, 0) is 9.53 Å². The van der Waals surface area contributed by atoms with Crippen molar-refractivity contribution in [3.8, 4) is 6.07 Å². The van der Waals surface area contributed by atoms with Crippen molar-refractivity contribution < 1.29 is 9.53 Å². The van der Waals surface area contributed by atoms with Gasteiger partial charge in [0.1, 0.15) is 0 Å². The van der Waals surface area contributed by atoms with E-state index >= 15 is 0 Å². The van der Waals surface area contributed by atoms with Crippen LogP contribution in [0.1, 0.15) is 44.7 Å². The van der Waals surface area contributed by atoms with Gasteiger partial charge in [-0.25, -0.2) is 0 Å². The molecule has 0 saturated carbocycles. The lowest BCUT2D eigenvalue weighted by Gasteiger charge is -2.34. The summed E-state index contributed by atoms with van der Waals surface area (Å²) in [5.41, 5.74) is 1.13. The summed E-state index contributed by atoms with van der Waals surface area (Å²) in [6.07, 6.45) is 2.28. The number of benzene rings is 1. The molecule has 1 aromatic carbocycles. The standard InChI is InChI=1S/C20H29N3O2/c1-16(2)20(17-7-4-3-5-8-17)22-19(24)15-23(12-6-11-21)18-9-13-25-14-10-18/h3-5,7-8,16,18,20H,6,9-10,12-15H2,1-2H3,(H,22,24). The molecule has 25 heavy (non-hydrogen) atoms. The maximum Gasteiger partial charge on any atom is 0.234 e. The maximum absolute atomic E-state index is 12.7. The molecule has 1 N–H and O–H groups in total. The van der Waals surface area contributed by atoms with Crippen LogP contribution in [0, 0.1) is 17.2 Å². The van der Waals surface area contributed by atoms with Crippen LogP contribution >= 0.6 is 0 Å². The Bertz CT molecular complexity index is 562. The summed E-state index contributed by atoms with van der Waals surface area (Å²) in [5.74, 6) is 0.328. The van der Waals surface area contributed by atoms with Gasteiger partial charge in [0.05, 0.1) is 18.7 Å². The minimum absolute atomic E-state index is 0.00112. The van der Waals surface area contributed by atoms with Crippen molar-refractivity contribution in [2.24, 2.45) is 5.92 Å². The molecule has 0 aliphatic carbocycles. The third kappa shape index (κ3) is 6.15. The Morgan fingerprint density at radius 3 is 2.60 bits per heavy atom. The molecule has 2 rings (SSSR count). The van der Waals surface area contributed by atoms with Gasteiger partial charge in [-0.15, -0.1) is 0 Å². The van der Waals surface area contributed by atoms with Crippen molar-refractivity contribution >= 4 is 5.91 Å². The van der Waals surface area contributed by atoms with Crippen molar-refractivity contribution in [2.75, 3.05) is 26.3 Å². The number of nitriles is 1. The van der Waals surface area contributed by atoms with E-state index in [1.165, 1.54) is 0 Å². The Morgan fingerprint density at radius 1 is 1.32 bits per heavy atom. The van der Waals surface area contributed by atoms with E-state index in [1.807, 2.05) is 18.2 Å². The fourth-order valence-corrected chi connectivity index (χ4v) is 3.33. The van der Waals surface area contributed by atoms with E-state index in [-0.39, 0.29) is 11.9 Å². The molecule has 1 aromatic rings. The van der Waals surface area contributed by atoms with Gasteiger partial charge in [-0.2, -0.15) is 5.26 Å². The van der Waals surface area contributed by atoms with Gasteiger partial charge in [-0.05, 0) is 24.3 Å². The predicted octanol–water partition coefficient (Wildman–Crippen LogP) is 2.89. The van der Waals surface area contributed by atoms with Crippen molar-refractivity contribution in [3.05, 3.63) is 35.9 Å². The fraction of sp³-hybridized carbons (Fsp3) is 0.600. The summed E-state index contributed by atoms with van der Waals surface area (Å²) in [4.78, 5) is 14.8. The first-order chi connectivity index (χ1) is 12.1. The summed E-state index contributed by atoms with van der Waals surface area (Å²) < 4.78 is 5.42. The van der Waals surface area contributed by atoms with E-state index < -0.39 is 0 Å². The number of nitrogens with zero attached hydrogens (tertiary/aromatic N) is 2. The Labute approximate surface area is 151 Å². The molecule has 1 heterocycles. The Balaban J connectivity index is 1.99. The van der Waals surface area contributed by atoms with Crippen LogP contribution in [0.15, 0.2) is 30.3 Å². The second-order valence-electron chi connectivity index (χ2n) is 6.92. The maximum atomic E-state index is 12.7. The first-order valence-corrected chi connectivity index (χ1v) is 9.15. The van der Waals surface area contributed by atoms with Crippen LogP contribution in [0.4, 0.5) is 0 Å². The fourth-order valence-electron chi connectivity index (χ4n) is 3.33. The van der Waals surface area contributed by atoms with Gasteiger partial charge in [0, 0.05) is 32.2 Å². The van der Waals surface area contributed by atoms with E-state index in [1.54, 1.807) is 0 Å². The molecular formula is C20H29N3O2. The number of amides is 1. The minimum Gasteiger partial charge on any atom is -0.381 e. The van der Waals surface area contributed by atoms with E-state index in [0.717, 1.165) is 31.6 Å². The third-order valence-electron chi connectivity index (χ3n) is 4.71. The topological polar surface area (TPSA) is 65.4 Å². The monoisotopic (exact) mass is 343 g/mol. The van der Waals surface area contributed by atoms with Crippen LogP contribution in [0.25, 0.3) is 0 Å². The highest BCUT2D eigenvalue weighted by molar-refractivity contribution is 5.78. The number of rotatable bonds is 8. The molecule has 1 aliphatic rings. The molecule has 0 bridgehead atoms. The second-order valence-corrected chi connectivity index (χ2v) is 6.92. The van der Waals surface area contributed by atoms with Gasteiger partial charge < -0.3 is 10.1 Å². The van der Waals surface area contributed by atoms with Gasteiger partial charge in [0.15, 0.2) is 0 Å². The summed E-state index contributed by atoms with van der Waals surface area (Å²) in [6.45, 7) is 6.66. The highest BCUT2D eigenvalue weighted by Gasteiger charge is 2.25. The molecule has 1 aliphatic heterocycles. The van der Waals surface area contributed by atoms with Crippen molar-refractivity contribution in [3.63, 3.8) is 0 Å². The first kappa shape index (κ1) is 19.4. The quantitative estimate of drug-likeness (QED) is 0.788. The number of carbonyl (C=O) groups is 1. The molecular weight excluding hydrogens is 314 g/mol. The smallest absolute Gasteiger partial charge is 0.234 e. The zero-order valence-electron chi connectivity index (χ0n) is 15.3. The van der Waals surface area contributed by atoms with Crippen molar-refractivity contribution in [2.45, 2.75) is 45.2 Å². The number of hydrogen-bond acceptors (Lipinski definition) is 4. The van der Waals surface area contributed by atoms with Crippen molar-refractivity contribution in [1.82, 2.24) is 10.2 Å². The van der Waals surface area contributed by atoms with Crippen molar-refractivity contribution in [1.29, 1.82) is 5.26 Å². The number of carbonyl (C=O) groups excluding carboxylic acids is 1. The largest absolute Gasteiger partial charge is 0.381 e. The van der Waals surface area contributed by atoms with E-state index in [4.69, 9.17) is 10.00 Å². The molecule has 0 aromatic heterocycles. The molecule has 5 heteroatoms. The average molecular weight is 343 g/mol. The van der Waals surface area contributed by atoms with E-state index in [2.05, 4.69) is 42.3 Å². The zero-order valence-corrected chi connectivity index (χ0v) is 15.3.